The van der Waals surface area contributed by atoms with Crippen molar-refractivity contribution in [2.45, 2.75) is 58.9 Å². The SMILES string of the molecule is CC[C@@H](NC(=O)C1CCCC1)c1ccc(C)c(C)c1. The minimum Gasteiger partial charge on any atom is -0.349 e. The van der Waals surface area contributed by atoms with E-state index in [2.05, 4.69) is 44.3 Å². The fourth-order valence-electron chi connectivity index (χ4n) is 2.88. The highest BCUT2D eigenvalue weighted by molar-refractivity contribution is 5.79. The molecule has 0 unspecified atom stereocenters. The van der Waals surface area contributed by atoms with Crippen LogP contribution in [0, 0.1) is 19.8 Å². The van der Waals surface area contributed by atoms with E-state index in [1.54, 1.807) is 0 Å². The molecule has 1 N–H and O–H groups in total. The summed E-state index contributed by atoms with van der Waals surface area (Å²) in [5.41, 5.74) is 3.84. The van der Waals surface area contributed by atoms with Gasteiger partial charge in [-0.05, 0) is 49.8 Å². The monoisotopic (exact) mass is 259 g/mol. The minimum absolute atomic E-state index is 0.160. The molecular weight excluding hydrogens is 234 g/mol. The quantitative estimate of drug-likeness (QED) is 0.868. The molecule has 2 nitrogen and oxygen atoms in total. The van der Waals surface area contributed by atoms with Crippen molar-refractivity contribution in [1.82, 2.24) is 5.32 Å². The number of amides is 1. The van der Waals surface area contributed by atoms with Gasteiger partial charge in [0.15, 0.2) is 0 Å². The zero-order valence-corrected chi connectivity index (χ0v) is 12.3. The van der Waals surface area contributed by atoms with Crippen molar-refractivity contribution in [3.63, 3.8) is 0 Å². The van der Waals surface area contributed by atoms with Gasteiger partial charge in [-0.15, -0.1) is 0 Å². The summed E-state index contributed by atoms with van der Waals surface area (Å²) < 4.78 is 0. The van der Waals surface area contributed by atoms with E-state index in [0.717, 1.165) is 19.3 Å². The molecule has 0 bridgehead atoms. The average Bonchev–Trinajstić information content (AvgIpc) is 2.93. The van der Waals surface area contributed by atoms with Gasteiger partial charge in [-0.1, -0.05) is 38.0 Å². The first-order valence-electron chi connectivity index (χ1n) is 7.49. The summed E-state index contributed by atoms with van der Waals surface area (Å²) >= 11 is 0. The van der Waals surface area contributed by atoms with Gasteiger partial charge >= 0.3 is 0 Å². The Kier molecular flexibility index (Phi) is 4.62. The van der Waals surface area contributed by atoms with E-state index in [1.807, 2.05) is 0 Å². The number of rotatable bonds is 4. The van der Waals surface area contributed by atoms with Gasteiger partial charge in [0.1, 0.15) is 0 Å². The van der Waals surface area contributed by atoms with Crippen molar-refractivity contribution in [3.05, 3.63) is 34.9 Å². The fourth-order valence-corrected chi connectivity index (χ4v) is 2.88. The van der Waals surface area contributed by atoms with Gasteiger partial charge in [0.05, 0.1) is 6.04 Å². The standard InChI is InChI=1S/C17H25NO/c1-4-16(15-10-9-12(2)13(3)11-15)18-17(19)14-7-5-6-8-14/h9-11,14,16H,4-8H2,1-3H3,(H,18,19)/t16-/m1/s1. The van der Waals surface area contributed by atoms with Crippen LogP contribution in [0.1, 0.15) is 61.8 Å². The van der Waals surface area contributed by atoms with E-state index < -0.39 is 0 Å². The topological polar surface area (TPSA) is 29.1 Å². The Morgan fingerprint density at radius 3 is 2.53 bits per heavy atom. The second-order valence-corrected chi connectivity index (χ2v) is 5.79. The zero-order valence-electron chi connectivity index (χ0n) is 12.3. The third kappa shape index (κ3) is 3.37. The summed E-state index contributed by atoms with van der Waals surface area (Å²) in [6, 6.07) is 6.66. The normalized spacial score (nSPS) is 17.4. The predicted octanol–water partition coefficient (Wildman–Crippen LogP) is 4.06. The van der Waals surface area contributed by atoms with Crippen LogP contribution in [0.3, 0.4) is 0 Å². The molecule has 2 heteroatoms. The van der Waals surface area contributed by atoms with Crippen LogP contribution in [-0.2, 0) is 4.79 Å². The number of carbonyl (C=O) groups excluding carboxylic acids is 1. The van der Waals surface area contributed by atoms with Crippen LogP contribution in [-0.4, -0.2) is 5.91 Å². The molecule has 1 aromatic rings. The number of benzene rings is 1. The van der Waals surface area contributed by atoms with Gasteiger partial charge in [0.2, 0.25) is 5.91 Å². The first-order valence-corrected chi connectivity index (χ1v) is 7.49. The summed E-state index contributed by atoms with van der Waals surface area (Å²) in [5.74, 6) is 0.503. The highest BCUT2D eigenvalue weighted by Crippen LogP contribution is 2.26. The molecule has 1 aliphatic rings. The average molecular weight is 259 g/mol. The molecule has 1 aliphatic carbocycles. The van der Waals surface area contributed by atoms with Crippen LogP contribution in [0.5, 0.6) is 0 Å². The lowest BCUT2D eigenvalue weighted by molar-refractivity contribution is -0.125. The number of hydrogen-bond acceptors (Lipinski definition) is 1. The van der Waals surface area contributed by atoms with Gasteiger partial charge in [-0.2, -0.15) is 0 Å². The molecule has 0 aliphatic heterocycles. The summed E-state index contributed by atoms with van der Waals surface area (Å²) in [6.07, 6.45) is 5.49. The van der Waals surface area contributed by atoms with Gasteiger partial charge in [-0.25, -0.2) is 0 Å². The van der Waals surface area contributed by atoms with Crippen LogP contribution in [0.4, 0.5) is 0 Å². The van der Waals surface area contributed by atoms with Crippen molar-refractivity contribution < 1.29 is 4.79 Å². The van der Waals surface area contributed by atoms with Crippen LogP contribution < -0.4 is 5.32 Å². The molecule has 19 heavy (non-hydrogen) atoms. The van der Waals surface area contributed by atoms with Crippen LogP contribution in [0.15, 0.2) is 18.2 Å². The van der Waals surface area contributed by atoms with Crippen LogP contribution in [0.25, 0.3) is 0 Å². The Balaban J connectivity index is 2.06. The smallest absolute Gasteiger partial charge is 0.223 e. The maximum atomic E-state index is 12.2. The molecule has 1 aromatic carbocycles. The van der Waals surface area contributed by atoms with Gasteiger partial charge in [-0.3, -0.25) is 4.79 Å². The van der Waals surface area contributed by atoms with Crippen molar-refractivity contribution in [1.29, 1.82) is 0 Å². The molecule has 0 heterocycles. The molecule has 1 amide bonds. The largest absolute Gasteiger partial charge is 0.349 e. The highest BCUT2D eigenvalue weighted by atomic mass is 16.1. The number of hydrogen-bond donors (Lipinski definition) is 1. The molecule has 1 atom stereocenters. The predicted molar refractivity (Wildman–Crippen MR) is 79.0 cm³/mol. The summed E-state index contributed by atoms with van der Waals surface area (Å²) in [5, 5.41) is 3.23. The lowest BCUT2D eigenvalue weighted by Crippen LogP contribution is -2.32. The van der Waals surface area contributed by atoms with Gasteiger partial charge < -0.3 is 5.32 Å². The molecular formula is C17H25NO. The van der Waals surface area contributed by atoms with Crippen molar-refractivity contribution in [2.24, 2.45) is 5.92 Å². The van der Waals surface area contributed by atoms with E-state index in [4.69, 9.17) is 0 Å². The van der Waals surface area contributed by atoms with E-state index in [1.165, 1.54) is 29.5 Å². The van der Waals surface area contributed by atoms with Gasteiger partial charge in [0, 0.05) is 5.92 Å². The Morgan fingerprint density at radius 2 is 1.95 bits per heavy atom. The molecule has 0 radical (unpaired) electrons. The Bertz CT molecular complexity index is 447. The van der Waals surface area contributed by atoms with Crippen molar-refractivity contribution in [3.8, 4) is 0 Å². The third-order valence-corrected chi connectivity index (χ3v) is 4.38. The van der Waals surface area contributed by atoms with Crippen LogP contribution >= 0.6 is 0 Å². The molecule has 104 valence electrons. The Labute approximate surface area is 116 Å². The molecule has 1 fully saturated rings. The Morgan fingerprint density at radius 1 is 1.26 bits per heavy atom. The molecule has 1 saturated carbocycles. The lowest BCUT2D eigenvalue weighted by Gasteiger charge is -2.20. The fraction of sp³-hybridized carbons (Fsp3) is 0.588. The summed E-state index contributed by atoms with van der Waals surface area (Å²) in [7, 11) is 0. The van der Waals surface area contributed by atoms with Crippen molar-refractivity contribution in [2.75, 3.05) is 0 Å². The third-order valence-electron chi connectivity index (χ3n) is 4.38. The Hall–Kier alpha value is -1.31. The maximum absolute atomic E-state index is 12.2. The number of carbonyl (C=O) groups is 1. The van der Waals surface area contributed by atoms with Crippen LogP contribution in [0.2, 0.25) is 0 Å². The summed E-state index contributed by atoms with van der Waals surface area (Å²) in [4.78, 5) is 12.2. The number of aryl methyl sites for hydroxylation is 2. The second-order valence-electron chi connectivity index (χ2n) is 5.79. The molecule has 0 spiro atoms. The van der Waals surface area contributed by atoms with E-state index >= 15 is 0 Å². The molecule has 2 rings (SSSR count). The van der Waals surface area contributed by atoms with E-state index in [-0.39, 0.29) is 17.9 Å². The van der Waals surface area contributed by atoms with Crippen molar-refractivity contribution >= 4 is 5.91 Å². The van der Waals surface area contributed by atoms with E-state index in [9.17, 15) is 4.79 Å². The van der Waals surface area contributed by atoms with E-state index in [0.29, 0.717) is 0 Å². The highest BCUT2D eigenvalue weighted by Gasteiger charge is 2.24. The maximum Gasteiger partial charge on any atom is 0.223 e. The second kappa shape index (κ2) is 6.23. The molecule has 0 saturated heterocycles. The first-order chi connectivity index (χ1) is 9.11. The lowest BCUT2D eigenvalue weighted by atomic mass is 9.98. The summed E-state index contributed by atoms with van der Waals surface area (Å²) in [6.45, 7) is 6.39. The first kappa shape index (κ1) is 14.1. The molecule has 0 aromatic heterocycles. The number of nitrogens with one attached hydrogen (secondary N) is 1. The zero-order chi connectivity index (χ0) is 13.8. The minimum atomic E-state index is 0.160. The van der Waals surface area contributed by atoms with Gasteiger partial charge in [0.25, 0.3) is 0 Å².